The molecule has 0 aromatic carbocycles. The second-order valence-corrected chi connectivity index (χ2v) is 4.58. The molecule has 1 aliphatic carbocycles. The van der Waals surface area contributed by atoms with Gasteiger partial charge in [-0.3, -0.25) is 0 Å². The van der Waals surface area contributed by atoms with Crippen molar-refractivity contribution in [2.45, 2.75) is 39.3 Å². The molecule has 3 atom stereocenters. The van der Waals surface area contributed by atoms with Gasteiger partial charge in [0, 0.05) is 5.41 Å². The van der Waals surface area contributed by atoms with Gasteiger partial charge in [-0.05, 0) is 20.3 Å². The van der Waals surface area contributed by atoms with Crippen LogP contribution in [0.25, 0.3) is 0 Å². The molecule has 0 aromatic rings. The number of hydrogen-bond acceptors (Lipinski definition) is 3. The molecule has 96 valence electrons. The quantitative estimate of drug-likeness (QED) is 0.789. The van der Waals surface area contributed by atoms with Gasteiger partial charge in [-0.2, -0.15) is 0 Å². The molecule has 1 rings (SSSR count). The smallest absolute Gasteiger partial charge is 0.407 e. The first-order valence-corrected chi connectivity index (χ1v) is 5.95. The van der Waals surface area contributed by atoms with Gasteiger partial charge in [0.2, 0.25) is 0 Å². The lowest BCUT2D eigenvalue weighted by molar-refractivity contribution is 0.0777. The van der Waals surface area contributed by atoms with Gasteiger partial charge in [0.05, 0.1) is 18.8 Å². The van der Waals surface area contributed by atoms with E-state index in [2.05, 4.69) is 5.32 Å². The number of ether oxygens (including phenoxy) is 1. The van der Waals surface area contributed by atoms with Crippen LogP contribution in [0.15, 0.2) is 24.3 Å². The van der Waals surface area contributed by atoms with E-state index in [1.807, 2.05) is 31.2 Å². The molecular formula is C13H21NO3. The number of hydrogen-bond donors (Lipinski definition) is 2. The minimum Gasteiger partial charge on any atom is -0.450 e. The van der Waals surface area contributed by atoms with E-state index in [4.69, 9.17) is 4.74 Å². The normalized spacial score (nSPS) is 26.4. The van der Waals surface area contributed by atoms with Crippen molar-refractivity contribution in [3.8, 4) is 0 Å². The SMILES string of the molecule is CCOC(=O)NC(C(C)O)C1(C)C=CC=CC1. The van der Waals surface area contributed by atoms with Crippen LogP contribution in [0.4, 0.5) is 4.79 Å². The molecule has 0 spiro atoms. The van der Waals surface area contributed by atoms with Crippen LogP contribution in [0, 0.1) is 5.41 Å². The summed E-state index contributed by atoms with van der Waals surface area (Å²) in [7, 11) is 0. The van der Waals surface area contributed by atoms with Crippen molar-refractivity contribution in [2.24, 2.45) is 5.41 Å². The van der Waals surface area contributed by atoms with E-state index in [1.54, 1.807) is 13.8 Å². The van der Waals surface area contributed by atoms with Crippen molar-refractivity contribution in [1.82, 2.24) is 5.32 Å². The number of aliphatic hydroxyl groups excluding tert-OH is 1. The Kier molecular flexibility index (Phi) is 4.75. The summed E-state index contributed by atoms with van der Waals surface area (Å²) in [5, 5.41) is 12.5. The molecule has 3 unspecified atom stereocenters. The van der Waals surface area contributed by atoms with Crippen LogP contribution in [0.3, 0.4) is 0 Å². The van der Waals surface area contributed by atoms with Crippen molar-refractivity contribution < 1.29 is 14.6 Å². The third kappa shape index (κ3) is 3.60. The van der Waals surface area contributed by atoms with Crippen LogP contribution in [0.2, 0.25) is 0 Å². The third-order valence-corrected chi connectivity index (χ3v) is 3.02. The van der Waals surface area contributed by atoms with Crippen molar-refractivity contribution in [2.75, 3.05) is 6.61 Å². The summed E-state index contributed by atoms with van der Waals surface area (Å²) in [6, 6.07) is -0.359. The summed E-state index contributed by atoms with van der Waals surface area (Å²) >= 11 is 0. The van der Waals surface area contributed by atoms with E-state index in [0.717, 1.165) is 6.42 Å². The molecule has 2 N–H and O–H groups in total. The first-order valence-electron chi connectivity index (χ1n) is 5.95. The Labute approximate surface area is 102 Å². The number of nitrogens with one attached hydrogen (secondary N) is 1. The molecule has 0 heterocycles. The molecule has 4 nitrogen and oxygen atoms in total. The average molecular weight is 239 g/mol. The zero-order valence-corrected chi connectivity index (χ0v) is 10.6. The van der Waals surface area contributed by atoms with Crippen LogP contribution in [-0.4, -0.2) is 30.0 Å². The summed E-state index contributed by atoms with van der Waals surface area (Å²) in [5.74, 6) is 0. The third-order valence-electron chi connectivity index (χ3n) is 3.02. The van der Waals surface area contributed by atoms with Crippen LogP contribution in [-0.2, 0) is 4.74 Å². The van der Waals surface area contributed by atoms with E-state index >= 15 is 0 Å². The Bertz CT molecular complexity index is 323. The van der Waals surface area contributed by atoms with E-state index in [1.165, 1.54) is 0 Å². The van der Waals surface area contributed by atoms with Gasteiger partial charge in [-0.1, -0.05) is 31.2 Å². The standard InChI is InChI=1S/C13H21NO3/c1-4-17-12(16)14-11(10(2)15)13(3)8-6-5-7-9-13/h5-8,10-11,15H,4,9H2,1-3H3,(H,14,16). The lowest BCUT2D eigenvalue weighted by Gasteiger charge is -2.37. The fraction of sp³-hybridized carbons (Fsp3) is 0.615. The fourth-order valence-corrected chi connectivity index (χ4v) is 2.11. The topological polar surface area (TPSA) is 58.6 Å². The zero-order chi connectivity index (χ0) is 12.9. The lowest BCUT2D eigenvalue weighted by Crippen LogP contribution is -2.52. The molecular weight excluding hydrogens is 218 g/mol. The summed E-state index contributed by atoms with van der Waals surface area (Å²) in [6.07, 6.45) is 7.60. The lowest BCUT2D eigenvalue weighted by atomic mass is 9.75. The molecule has 0 bridgehead atoms. The maximum atomic E-state index is 11.5. The first kappa shape index (κ1) is 13.8. The Morgan fingerprint density at radius 1 is 1.59 bits per heavy atom. The zero-order valence-electron chi connectivity index (χ0n) is 10.6. The van der Waals surface area contributed by atoms with Crippen LogP contribution in [0.5, 0.6) is 0 Å². The molecule has 4 heteroatoms. The Morgan fingerprint density at radius 2 is 2.29 bits per heavy atom. The number of carbonyl (C=O) groups excluding carboxylic acids is 1. The highest BCUT2D eigenvalue weighted by molar-refractivity contribution is 5.67. The largest absolute Gasteiger partial charge is 0.450 e. The summed E-state index contributed by atoms with van der Waals surface area (Å²) in [4.78, 5) is 11.5. The monoisotopic (exact) mass is 239 g/mol. The highest BCUT2D eigenvalue weighted by Gasteiger charge is 2.36. The fourth-order valence-electron chi connectivity index (χ4n) is 2.11. The Hall–Kier alpha value is -1.29. The maximum Gasteiger partial charge on any atom is 0.407 e. The number of rotatable bonds is 4. The second kappa shape index (κ2) is 5.87. The van der Waals surface area contributed by atoms with Crippen LogP contribution in [0.1, 0.15) is 27.2 Å². The van der Waals surface area contributed by atoms with Crippen molar-refractivity contribution in [1.29, 1.82) is 0 Å². The average Bonchev–Trinajstić information content (AvgIpc) is 2.27. The molecule has 0 saturated carbocycles. The second-order valence-electron chi connectivity index (χ2n) is 4.58. The Balaban J connectivity index is 2.75. The van der Waals surface area contributed by atoms with Crippen LogP contribution < -0.4 is 5.32 Å². The van der Waals surface area contributed by atoms with Gasteiger partial charge in [0.25, 0.3) is 0 Å². The number of amides is 1. The molecule has 0 radical (unpaired) electrons. The number of allylic oxidation sites excluding steroid dienone is 3. The molecule has 17 heavy (non-hydrogen) atoms. The van der Waals surface area contributed by atoms with E-state index in [-0.39, 0.29) is 11.5 Å². The predicted molar refractivity (Wildman–Crippen MR) is 66.6 cm³/mol. The predicted octanol–water partition coefficient (Wildman–Crippen LogP) is 2.00. The van der Waals surface area contributed by atoms with Crippen molar-refractivity contribution >= 4 is 6.09 Å². The van der Waals surface area contributed by atoms with Gasteiger partial charge in [0.15, 0.2) is 0 Å². The molecule has 0 aromatic heterocycles. The van der Waals surface area contributed by atoms with E-state index < -0.39 is 12.2 Å². The molecule has 0 aliphatic heterocycles. The summed E-state index contributed by atoms with van der Waals surface area (Å²) < 4.78 is 4.86. The Morgan fingerprint density at radius 3 is 2.76 bits per heavy atom. The number of alkyl carbamates (subject to hydrolysis) is 1. The van der Waals surface area contributed by atoms with Crippen molar-refractivity contribution in [3.05, 3.63) is 24.3 Å². The van der Waals surface area contributed by atoms with Gasteiger partial charge >= 0.3 is 6.09 Å². The molecule has 0 fully saturated rings. The molecule has 1 amide bonds. The van der Waals surface area contributed by atoms with E-state index in [9.17, 15) is 9.90 Å². The molecule has 0 saturated heterocycles. The minimum atomic E-state index is -0.638. The number of carbonyl (C=O) groups is 1. The summed E-state index contributed by atoms with van der Waals surface area (Å²) in [5.41, 5.74) is -0.282. The van der Waals surface area contributed by atoms with Gasteiger partial charge < -0.3 is 15.2 Å². The highest BCUT2D eigenvalue weighted by Crippen LogP contribution is 2.32. The maximum absolute atomic E-state index is 11.5. The van der Waals surface area contributed by atoms with E-state index in [0.29, 0.717) is 6.61 Å². The summed E-state index contributed by atoms with van der Waals surface area (Å²) in [6.45, 7) is 5.76. The molecule has 1 aliphatic rings. The first-order chi connectivity index (χ1) is 7.99. The van der Waals surface area contributed by atoms with Gasteiger partial charge in [-0.15, -0.1) is 0 Å². The van der Waals surface area contributed by atoms with Gasteiger partial charge in [0.1, 0.15) is 0 Å². The highest BCUT2D eigenvalue weighted by atomic mass is 16.5. The van der Waals surface area contributed by atoms with Crippen LogP contribution >= 0.6 is 0 Å². The van der Waals surface area contributed by atoms with Gasteiger partial charge in [-0.25, -0.2) is 4.79 Å². The van der Waals surface area contributed by atoms with Crippen molar-refractivity contribution in [3.63, 3.8) is 0 Å². The number of aliphatic hydroxyl groups is 1. The minimum absolute atomic E-state index is 0.282.